The van der Waals surface area contributed by atoms with Gasteiger partial charge in [-0.1, -0.05) is 140 Å². The Bertz CT molecular complexity index is 3140. The minimum atomic E-state index is 0.607. The summed E-state index contributed by atoms with van der Waals surface area (Å²) in [6.07, 6.45) is 0. The number of hydrogen-bond acceptors (Lipinski definition) is 5. The number of thiophene rings is 1. The van der Waals surface area contributed by atoms with Gasteiger partial charge in [0.05, 0.1) is 11.2 Å². The van der Waals surface area contributed by atoms with Crippen molar-refractivity contribution in [1.82, 2.24) is 19.9 Å². The zero-order chi connectivity index (χ0) is 34.9. The van der Waals surface area contributed by atoms with Crippen molar-refractivity contribution >= 4 is 74.7 Å². The average molecular weight is 693 g/mol. The molecule has 0 saturated heterocycles. The van der Waals surface area contributed by atoms with E-state index in [-0.39, 0.29) is 0 Å². The van der Waals surface area contributed by atoms with E-state index in [0.717, 1.165) is 55.0 Å². The number of benzene rings is 8. The molecule has 0 saturated carbocycles. The zero-order valence-corrected chi connectivity index (χ0v) is 29.2. The van der Waals surface area contributed by atoms with E-state index in [1.54, 1.807) is 0 Å². The summed E-state index contributed by atoms with van der Waals surface area (Å²) in [5.74, 6) is 1.87. The molecule has 3 heterocycles. The molecule has 0 aliphatic heterocycles. The van der Waals surface area contributed by atoms with Crippen molar-refractivity contribution in [2.45, 2.75) is 0 Å². The Hall–Kier alpha value is -6.82. The monoisotopic (exact) mass is 692 g/mol. The summed E-state index contributed by atoms with van der Waals surface area (Å²) >= 11 is 1.84. The molecule has 0 atom stereocenters. The van der Waals surface area contributed by atoms with E-state index in [1.807, 2.05) is 11.3 Å². The summed E-state index contributed by atoms with van der Waals surface area (Å²) in [4.78, 5) is 20.8. The highest BCUT2D eigenvalue weighted by Crippen LogP contribution is 2.44. The van der Waals surface area contributed by atoms with E-state index in [4.69, 9.17) is 19.9 Å². The van der Waals surface area contributed by atoms with Crippen molar-refractivity contribution in [2.75, 3.05) is 0 Å². The van der Waals surface area contributed by atoms with Gasteiger partial charge in [-0.3, -0.25) is 0 Å². The Morgan fingerprint density at radius 3 is 1.55 bits per heavy atom. The van der Waals surface area contributed by atoms with E-state index in [0.29, 0.717) is 17.5 Å². The van der Waals surface area contributed by atoms with Gasteiger partial charge in [-0.15, -0.1) is 11.3 Å². The highest BCUT2D eigenvalue weighted by Gasteiger charge is 2.19. The van der Waals surface area contributed by atoms with Crippen LogP contribution in [-0.2, 0) is 0 Å². The first-order valence-corrected chi connectivity index (χ1v) is 18.5. The zero-order valence-electron chi connectivity index (χ0n) is 28.4. The number of nitrogens with zero attached hydrogens (tertiary/aromatic N) is 4. The maximum absolute atomic E-state index is 5.39. The minimum Gasteiger partial charge on any atom is -0.247 e. The molecule has 0 amide bonds. The van der Waals surface area contributed by atoms with Gasteiger partial charge in [-0.05, 0) is 51.9 Å². The minimum absolute atomic E-state index is 0.607. The molecule has 0 radical (unpaired) electrons. The van der Waals surface area contributed by atoms with Crippen LogP contribution in [0.5, 0.6) is 0 Å². The van der Waals surface area contributed by atoms with Crippen LogP contribution >= 0.6 is 11.3 Å². The second-order valence-corrected chi connectivity index (χ2v) is 14.5. The molecule has 0 unspecified atom stereocenters. The van der Waals surface area contributed by atoms with Crippen LogP contribution in [0.1, 0.15) is 0 Å². The van der Waals surface area contributed by atoms with Crippen LogP contribution in [0.4, 0.5) is 0 Å². The average Bonchev–Trinajstić information content (AvgIpc) is 3.62. The summed E-state index contributed by atoms with van der Waals surface area (Å²) in [5, 5.41) is 10.7. The molecule has 3 aromatic heterocycles. The molecule has 0 spiro atoms. The maximum Gasteiger partial charge on any atom is 0.164 e. The van der Waals surface area contributed by atoms with Crippen molar-refractivity contribution in [3.8, 4) is 45.4 Å². The molecule has 246 valence electrons. The molecule has 0 aliphatic carbocycles. The van der Waals surface area contributed by atoms with Gasteiger partial charge < -0.3 is 0 Å². The van der Waals surface area contributed by atoms with E-state index in [1.165, 1.54) is 36.3 Å². The van der Waals surface area contributed by atoms with Gasteiger partial charge in [0.2, 0.25) is 0 Å². The summed E-state index contributed by atoms with van der Waals surface area (Å²) in [7, 11) is 0. The first-order chi connectivity index (χ1) is 26.2. The van der Waals surface area contributed by atoms with Gasteiger partial charge >= 0.3 is 0 Å². The molecular weight excluding hydrogens is 665 g/mol. The standard InChI is InChI=1S/C48H28N4S/c1-2-12-31(13-3-1)45-39-24-25-42-44(38-16-8-9-17-41(38)53-42)43(39)37-23-22-36(28-40(37)49-45)48-51-46(34-20-18-29-10-4-6-14-32(29)26-34)50-47(52-48)35-21-19-30-11-5-7-15-33(30)27-35/h1-28H. The van der Waals surface area contributed by atoms with Crippen LogP contribution in [-0.4, -0.2) is 19.9 Å². The van der Waals surface area contributed by atoms with E-state index in [2.05, 4.69) is 170 Å². The summed E-state index contributed by atoms with van der Waals surface area (Å²) in [6, 6.07) is 59.7. The largest absolute Gasteiger partial charge is 0.247 e. The van der Waals surface area contributed by atoms with Crippen molar-refractivity contribution in [1.29, 1.82) is 0 Å². The molecule has 4 nitrogen and oxygen atoms in total. The Balaban J connectivity index is 1.17. The fourth-order valence-electron chi connectivity index (χ4n) is 7.69. The molecule has 0 N–H and O–H groups in total. The normalized spacial score (nSPS) is 11.8. The number of pyridine rings is 1. The van der Waals surface area contributed by atoms with Gasteiger partial charge in [0, 0.05) is 58.6 Å². The van der Waals surface area contributed by atoms with E-state index in [9.17, 15) is 0 Å². The van der Waals surface area contributed by atoms with Crippen LogP contribution in [0.2, 0.25) is 0 Å². The molecule has 8 aromatic carbocycles. The second-order valence-electron chi connectivity index (χ2n) is 13.4. The molecule has 11 rings (SSSR count). The van der Waals surface area contributed by atoms with Crippen LogP contribution < -0.4 is 0 Å². The lowest BCUT2D eigenvalue weighted by atomic mass is 9.95. The topological polar surface area (TPSA) is 51.6 Å². The van der Waals surface area contributed by atoms with Crippen molar-refractivity contribution < 1.29 is 0 Å². The van der Waals surface area contributed by atoms with E-state index < -0.39 is 0 Å². The van der Waals surface area contributed by atoms with E-state index >= 15 is 0 Å². The second kappa shape index (κ2) is 11.9. The summed E-state index contributed by atoms with van der Waals surface area (Å²) in [6.45, 7) is 0. The highest BCUT2D eigenvalue weighted by molar-refractivity contribution is 7.26. The number of rotatable bonds is 4. The van der Waals surface area contributed by atoms with Crippen LogP contribution in [0.15, 0.2) is 170 Å². The molecular formula is C48H28N4S. The van der Waals surface area contributed by atoms with Gasteiger partial charge in [0.25, 0.3) is 0 Å². The van der Waals surface area contributed by atoms with Crippen molar-refractivity contribution in [2.24, 2.45) is 0 Å². The Morgan fingerprint density at radius 1 is 0.321 bits per heavy atom. The van der Waals surface area contributed by atoms with Gasteiger partial charge in [0.15, 0.2) is 17.5 Å². The predicted octanol–water partition coefficient (Wildman–Crippen LogP) is 12.9. The molecule has 0 aliphatic rings. The molecule has 11 aromatic rings. The van der Waals surface area contributed by atoms with Crippen molar-refractivity contribution in [3.63, 3.8) is 0 Å². The Morgan fingerprint density at radius 2 is 0.868 bits per heavy atom. The van der Waals surface area contributed by atoms with Gasteiger partial charge in [0.1, 0.15) is 0 Å². The van der Waals surface area contributed by atoms with Gasteiger partial charge in [-0.2, -0.15) is 0 Å². The first-order valence-electron chi connectivity index (χ1n) is 17.7. The Labute approximate surface area is 308 Å². The number of aromatic nitrogens is 4. The van der Waals surface area contributed by atoms with Crippen LogP contribution in [0.25, 0.3) is 109 Å². The molecule has 5 heteroatoms. The first kappa shape index (κ1) is 29.9. The fraction of sp³-hybridized carbons (Fsp3) is 0. The quantitative estimate of drug-likeness (QED) is 0.172. The lowest BCUT2D eigenvalue weighted by Crippen LogP contribution is -2.00. The molecule has 0 fully saturated rings. The number of hydrogen-bond donors (Lipinski definition) is 0. The third kappa shape index (κ3) is 4.97. The SMILES string of the molecule is c1ccc(-c2nc3cc(-c4nc(-c5ccc6ccccc6c5)nc(-c5ccc6ccccc6c5)n4)ccc3c3c2ccc2sc4ccccc4c23)cc1. The molecule has 53 heavy (non-hydrogen) atoms. The number of fused-ring (bicyclic) bond motifs is 9. The third-order valence-corrected chi connectivity index (χ3v) is 11.4. The van der Waals surface area contributed by atoms with Crippen LogP contribution in [0, 0.1) is 0 Å². The fourth-order valence-corrected chi connectivity index (χ4v) is 8.80. The lowest BCUT2D eigenvalue weighted by molar-refractivity contribution is 1.08. The third-order valence-electron chi connectivity index (χ3n) is 10.3. The predicted molar refractivity (Wildman–Crippen MR) is 222 cm³/mol. The summed E-state index contributed by atoms with van der Waals surface area (Å²) in [5.41, 5.74) is 5.72. The highest BCUT2D eigenvalue weighted by atomic mass is 32.1. The van der Waals surface area contributed by atoms with Gasteiger partial charge in [-0.25, -0.2) is 19.9 Å². The lowest BCUT2D eigenvalue weighted by Gasteiger charge is -2.13. The smallest absolute Gasteiger partial charge is 0.164 e. The summed E-state index contributed by atoms with van der Waals surface area (Å²) < 4.78 is 2.55. The van der Waals surface area contributed by atoms with Crippen molar-refractivity contribution in [3.05, 3.63) is 170 Å². The van der Waals surface area contributed by atoms with Crippen LogP contribution in [0.3, 0.4) is 0 Å². The maximum atomic E-state index is 5.39. The molecule has 0 bridgehead atoms. The Kier molecular flexibility index (Phi) is 6.69.